The minimum atomic E-state index is -4.32. The topological polar surface area (TPSA) is 37.3 Å². The van der Waals surface area contributed by atoms with Crippen LogP contribution in [-0.2, 0) is 4.57 Å². The van der Waals surface area contributed by atoms with Crippen molar-refractivity contribution in [2.75, 3.05) is 6.16 Å². The zero-order valence-electron chi connectivity index (χ0n) is 7.47. The van der Waals surface area contributed by atoms with E-state index in [0.717, 1.165) is 0 Å². The molecule has 0 radical (unpaired) electrons. The second-order valence-electron chi connectivity index (χ2n) is 4.07. The summed E-state index contributed by atoms with van der Waals surface area (Å²) in [5.41, 5.74) is -0.107. The third kappa shape index (κ3) is 5.40. The SMILES string of the molecule is CC(CP(=O)(O)F)C(C)(C)C. The molecule has 0 aromatic rings. The summed E-state index contributed by atoms with van der Waals surface area (Å²) in [4.78, 5) is 8.44. The van der Waals surface area contributed by atoms with E-state index in [1.54, 1.807) is 6.92 Å². The molecule has 0 fully saturated rings. The van der Waals surface area contributed by atoms with Crippen LogP contribution in [0, 0.1) is 11.3 Å². The molecular weight excluding hydrogens is 166 g/mol. The zero-order valence-corrected chi connectivity index (χ0v) is 8.36. The Kier molecular flexibility index (Phi) is 3.27. The van der Waals surface area contributed by atoms with Gasteiger partial charge in [-0.15, -0.1) is 0 Å². The van der Waals surface area contributed by atoms with Crippen molar-refractivity contribution in [1.29, 1.82) is 0 Å². The summed E-state index contributed by atoms with van der Waals surface area (Å²) < 4.78 is 22.6. The van der Waals surface area contributed by atoms with Crippen LogP contribution in [0.15, 0.2) is 0 Å². The lowest BCUT2D eigenvalue weighted by atomic mass is 9.83. The van der Waals surface area contributed by atoms with Gasteiger partial charge < -0.3 is 4.89 Å². The zero-order chi connectivity index (χ0) is 9.28. The van der Waals surface area contributed by atoms with E-state index >= 15 is 0 Å². The summed E-state index contributed by atoms with van der Waals surface area (Å²) in [5, 5.41) is 0. The number of hydrogen-bond donors (Lipinski definition) is 1. The van der Waals surface area contributed by atoms with Crippen LogP contribution in [-0.4, -0.2) is 11.1 Å². The van der Waals surface area contributed by atoms with Crippen LogP contribution in [0.5, 0.6) is 0 Å². The quantitative estimate of drug-likeness (QED) is 0.666. The van der Waals surface area contributed by atoms with E-state index < -0.39 is 7.68 Å². The van der Waals surface area contributed by atoms with Gasteiger partial charge in [0.2, 0.25) is 0 Å². The summed E-state index contributed by atoms with van der Waals surface area (Å²) in [5.74, 6) is -0.0802. The molecular formula is C7H16FO2P. The van der Waals surface area contributed by atoms with Crippen molar-refractivity contribution in [2.24, 2.45) is 11.3 Å². The van der Waals surface area contributed by atoms with Crippen molar-refractivity contribution in [2.45, 2.75) is 27.7 Å². The third-order valence-electron chi connectivity index (χ3n) is 1.98. The molecule has 0 saturated carbocycles. The smallest absolute Gasteiger partial charge is 0.321 e. The molecule has 2 atom stereocenters. The standard InChI is InChI=1S/C7H16FO2P/c1-6(7(2,3)4)5-11(8,9)10/h6H,5H2,1-4H3,(H,9,10). The lowest BCUT2D eigenvalue weighted by molar-refractivity contribution is 0.274. The molecule has 11 heavy (non-hydrogen) atoms. The maximum atomic E-state index is 12.3. The predicted octanol–water partition coefficient (Wildman–Crippen LogP) is 2.82. The molecule has 0 saturated heterocycles. The van der Waals surface area contributed by atoms with Crippen molar-refractivity contribution in [3.63, 3.8) is 0 Å². The normalized spacial score (nSPS) is 20.9. The van der Waals surface area contributed by atoms with Gasteiger partial charge in [-0.2, -0.15) is 4.20 Å². The largest absolute Gasteiger partial charge is 0.365 e. The monoisotopic (exact) mass is 182 g/mol. The van der Waals surface area contributed by atoms with Crippen LogP contribution in [0.25, 0.3) is 0 Å². The highest BCUT2D eigenvalue weighted by Crippen LogP contribution is 2.47. The first-order valence-electron chi connectivity index (χ1n) is 3.64. The summed E-state index contributed by atoms with van der Waals surface area (Å²) in [6, 6.07) is 0. The number of halogens is 1. The highest BCUT2D eigenvalue weighted by atomic mass is 31.2. The Bertz CT molecular complexity index is 168. The molecule has 0 aromatic carbocycles. The fourth-order valence-electron chi connectivity index (χ4n) is 0.612. The Hall–Kier alpha value is 0.120. The number of rotatable bonds is 2. The Balaban J connectivity index is 4.10. The molecule has 0 aromatic heterocycles. The lowest BCUT2D eigenvalue weighted by Crippen LogP contribution is -2.20. The molecule has 0 aliphatic rings. The van der Waals surface area contributed by atoms with Gasteiger partial charge in [-0.3, -0.25) is 4.57 Å². The van der Waals surface area contributed by atoms with Crippen molar-refractivity contribution >= 4 is 7.68 Å². The molecule has 4 heteroatoms. The van der Waals surface area contributed by atoms with Crippen LogP contribution in [0.3, 0.4) is 0 Å². The van der Waals surface area contributed by atoms with Crippen molar-refractivity contribution in [1.82, 2.24) is 0 Å². The first-order chi connectivity index (χ1) is 4.63. The molecule has 2 nitrogen and oxygen atoms in total. The molecule has 2 unspecified atom stereocenters. The average molecular weight is 182 g/mol. The van der Waals surface area contributed by atoms with Crippen LogP contribution >= 0.6 is 7.68 Å². The average Bonchev–Trinajstić information content (AvgIpc) is 1.56. The van der Waals surface area contributed by atoms with Crippen LogP contribution in [0.2, 0.25) is 0 Å². The van der Waals surface area contributed by atoms with Gasteiger partial charge in [0.05, 0.1) is 6.16 Å². The maximum absolute atomic E-state index is 12.3. The van der Waals surface area contributed by atoms with E-state index in [1.165, 1.54) is 0 Å². The van der Waals surface area contributed by atoms with Gasteiger partial charge in [-0.1, -0.05) is 27.7 Å². The van der Waals surface area contributed by atoms with E-state index in [1.807, 2.05) is 20.8 Å². The minimum Gasteiger partial charge on any atom is -0.321 e. The lowest BCUT2D eigenvalue weighted by Gasteiger charge is -2.26. The van der Waals surface area contributed by atoms with Gasteiger partial charge in [0, 0.05) is 0 Å². The number of hydrogen-bond acceptors (Lipinski definition) is 1. The maximum Gasteiger partial charge on any atom is 0.365 e. The van der Waals surface area contributed by atoms with Gasteiger partial charge >= 0.3 is 7.68 Å². The van der Waals surface area contributed by atoms with Crippen molar-refractivity contribution < 1.29 is 13.7 Å². The molecule has 0 heterocycles. The van der Waals surface area contributed by atoms with Gasteiger partial charge in [0.15, 0.2) is 0 Å². The molecule has 1 N–H and O–H groups in total. The molecule has 0 bridgehead atoms. The summed E-state index contributed by atoms with van der Waals surface area (Å²) >= 11 is 0. The highest BCUT2D eigenvalue weighted by molar-refractivity contribution is 7.52. The predicted molar refractivity (Wildman–Crippen MR) is 44.4 cm³/mol. The van der Waals surface area contributed by atoms with E-state index in [4.69, 9.17) is 4.89 Å². The second kappa shape index (κ2) is 3.24. The van der Waals surface area contributed by atoms with Crippen molar-refractivity contribution in [3.8, 4) is 0 Å². The Labute approximate surface area is 67.4 Å². The Morgan fingerprint density at radius 2 is 1.91 bits per heavy atom. The van der Waals surface area contributed by atoms with Crippen LogP contribution < -0.4 is 0 Å². The molecule has 68 valence electrons. The summed E-state index contributed by atoms with van der Waals surface area (Å²) in [6.45, 7) is 7.55. The third-order valence-corrected chi connectivity index (χ3v) is 2.98. The van der Waals surface area contributed by atoms with Crippen molar-refractivity contribution in [3.05, 3.63) is 0 Å². The van der Waals surface area contributed by atoms with Crippen LogP contribution in [0.1, 0.15) is 27.7 Å². The van der Waals surface area contributed by atoms with Gasteiger partial charge in [-0.25, -0.2) is 0 Å². The van der Waals surface area contributed by atoms with E-state index in [9.17, 15) is 8.76 Å². The second-order valence-corrected chi connectivity index (χ2v) is 5.66. The Morgan fingerprint density at radius 3 is 2.00 bits per heavy atom. The summed E-state index contributed by atoms with van der Waals surface area (Å²) in [7, 11) is -4.32. The molecule has 0 aliphatic heterocycles. The summed E-state index contributed by atoms with van der Waals surface area (Å²) in [6.07, 6.45) is -0.240. The van der Waals surface area contributed by atoms with E-state index in [0.29, 0.717) is 0 Å². The van der Waals surface area contributed by atoms with E-state index in [-0.39, 0.29) is 17.5 Å². The van der Waals surface area contributed by atoms with E-state index in [2.05, 4.69) is 0 Å². The van der Waals surface area contributed by atoms with Gasteiger partial charge in [-0.05, 0) is 11.3 Å². The highest BCUT2D eigenvalue weighted by Gasteiger charge is 2.28. The van der Waals surface area contributed by atoms with Crippen LogP contribution in [0.4, 0.5) is 4.20 Å². The van der Waals surface area contributed by atoms with Gasteiger partial charge in [0.25, 0.3) is 0 Å². The Morgan fingerprint density at radius 1 is 1.55 bits per heavy atom. The molecule has 0 rings (SSSR count). The fraction of sp³-hybridized carbons (Fsp3) is 1.00. The minimum absolute atomic E-state index is 0.0802. The molecule has 0 spiro atoms. The fourth-order valence-corrected chi connectivity index (χ4v) is 1.83. The molecule has 0 aliphatic carbocycles. The first kappa shape index (κ1) is 11.1. The first-order valence-corrected chi connectivity index (χ1v) is 5.38. The van der Waals surface area contributed by atoms with Gasteiger partial charge in [0.1, 0.15) is 0 Å². The molecule has 0 amide bonds.